The number of benzene rings is 1. The third-order valence-electron chi connectivity index (χ3n) is 4.03. The molecule has 1 fully saturated rings. The van der Waals surface area contributed by atoms with Crippen LogP contribution in [0.2, 0.25) is 10.0 Å². The molecule has 0 aliphatic heterocycles. The Balaban J connectivity index is 2.11. The zero-order valence-corrected chi connectivity index (χ0v) is 13.5. The van der Waals surface area contributed by atoms with Gasteiger partial charge in [-0.3, -0.25) is 0 Å². The van der Waals surface area contributed by atoms with E-state index in [0.29, 0.717) is 16.0 Å². The van der Waals surface area contributed by atoms with E-state index >= 15 is 0 Å². The summed E-state index contributed by atoms with van der Waals surface area (Å²) in [5.74, 6) is 1.43. The van der Waals surface area contributed by atoms with E-state index in [4.69, 9.17) is 33.7 Å². The largest absolute Gasteiger partial charge is 0.491 e. The van der Waals surface area contributed by atoms with Crippen LogP contribution in [0.1, 0.15) is 44.6 Å². The lowest BCUT2D eigenvalue weighted by atomic mass is 10.0. The van der Waals surface area contributed by atoms with Crippen molar-refractivity contribution < 1.29 is 4.74 Å². The Morgan fingerprint density at radius 3 is 2.65 bits per heavy atom. The fraction of sp³-hybridized carbons (Fsp3) is 0.625. The molecule has 1 unspecified atom stereocenters. The van der Waals surface area contributed by atoms with Crippen LogP contribution < -0.4 is 10.5 Å². The van der Waals surface area contributed by atoms with Crippen LogP contribution in [0.15, 0.2) is 12.1 Å². The summed E-state index contributed by atoms with van der Waals surface area (Å²) in [6.07, 6.45) is 6.82. The summed E-state index contributed by atoms with van der Waals surface area (Å²) in [5, 5.41) is 1.23. The van der Waals surface area contributed by atoms with Crippen LogP contribution in [-0.4, -0.2) is 12.6 Å². The number of ether oxygens (including phenoxy) is 1. The molecule has 2 rings (SSSR count). The molecule has 2 N–H and O–H groups in total. The lowest BCUT2D eigenvalue weighted by Crippen LogP contribution is -2.22. The summed E-state index contributed by atoms with van der Waals surface area (Å²) in [5.41, 5.74) is 7.07. The van der Waals surface area contributed by atoms with Crippen LogP contribution >= 0.6 is 23.2 Å². The van der Waals surface area contributed by atoms with Gasteiger partial charge in [-0.1, -0.05) is 43.0 Å². The zero-order chi connectivity index (χ0) is 14.5. The van der Waals surface area contributed by atoms with Gasteiger partial charge < -0.3 is 10.5 Å². The van der Waals surface area contributed by atoms with Gasteiger partial charge >= 0.3 is 0 Å². The average molecular weight is 316 g/mol. The summed E-state index contributed by atoms with van der Waals surface area (Å²) in [4.78, 5) is 0. The lowest BCUT2D eigenvalue weighted by molar-refractivity contribution is 0.249. The molecule has 0 spiro atoms. The Hall–Kier alpha value is -0.440. The summed E-state index contributed by atoms with van der Waals surface area (Å²) in [6, 6.07) is 3.78. The average Bonchev–Trinajstić information content (AvgIpc) is 2.90. The van der Waals surface area contributed by atoms with Gasteiger partial charge in [0.1, 0.15) is 5.75 Å². The lowest BCUT2D eigenvalue weighted by Gasteiger charge is -2.18. The van der Waals surface area contributed by atoms with Crippen molar-refractivity contribution in [3.8, 4) is 5.75 Å². The highest BCUT2D eigenvalue weighted by Gasteiger charge is 2.18. The molecule has 20 heavy (non-hydrogen) atoms. The SMILES string of the molecule is CCC(N)Cc1cc(Cl)cc(Cl)c1OCC1CCCC1. The van der Waals surface area contributed by atoms with Crippen molar-refractivity contribution in [2.24, 2.45) is 11.7 Å². The molecule has 0 radical (unpaired) electrons. The quantitative estimate of drug-likeness (QED) is 0.815. The van der Waals surface area contributed by atoms with E-state index < -0.39 is 0 Å². The highest BCUT2D eigenvalue weighted by atomic mass is 35.5. The summed E-state index contributed by atoms with van der Waals surface area (Å²) >= 11 is 12.4. The standard InChI is InChI=1S/C16H23Cl2NO/c1-2-14(19)8-12-7-13(17)9-15(18)16(12)20-10-11-5-3-4-6-11/h7,9,11,14H,2-6,8,10,19H2,1H3. The zero-order valence-electron chi connectivity index (χ0n) is 12.0. The van der Waals surface area contributed by atoms with Crippen molar-refractivity contribution >= 4 is 23.2 Å². The summed E-state index contributed by atoms with van der Waals surface area (Å²) in [7, 11) is 0. The van der Waals surface area contributed by atoms with E-state index in [-0.39, 0.29) is 6.04 Å². The third kappa shape index (κ3) is 4.28. The fourth-order valence-electron chi connectivity index (χ4n) is 2.73. The molecule has 0 aromatic heterocycles. The number of hydrogen-bond donors (Lipinski definition) is 1. The highest BCUT2D eigenvalue weighted by molar-refractivity contribution is 6.35. The second-order valence-corrected chi connectivity index (χ2v) is 6.55. The van der Waals surface area contributed by atoms with Gasteiger partial charge in [0.2, 0.25) is 0 Å². The Morgan fingerprint density at radius 2 is 2.00 bits per heavy atom. The topological polar surface area (TPSA) is 35.2 Å². The predicted molar refractivity (Wildman–Crippen MR) is 85.9 cm³/mol. The van der Waals surface area contributed by atoms with E-state index in [2.05, 4.69) is 6.92 Å². The van der Waals surface area contributed by atoms with Crippen LogP contribution in [0.4, 0.5) is 0 Å². The first-order valence-electron chi connectivity index (χ1n) is 7.46. The van der Waals surface area contributed by atoms with Crippen LogP contribution in [-0.2, 0) is 6.42 Å². The highest BCUT2D eigenvalue weighted by Crippen LogP contribution is 2.35. The van der Waals surface area contributed by atoms with Gasteiger partial charge in [0.15, 0.2) is 0 Å². The van der Waals surface area contributed by atoms with Gasteiger partial charge in [0.25, 0.3) is 0 Å². The van der Waals surface area contributed by atoms with E-state index in [1.165, 1.54) is 25.7 Å². The smallest absolute Gasteiger partial charge is 0.141 e. The molecule has 0 amide bonds. The first-order chi connectivity index (χ1) is 9.60. The number of nitrogens with two attached hydrogens (primary N) is 1. The molecule has 1 aliphatic rings. The van der Waals surface area contributed by atoms with Gasteiger partial charge in [-0.2, -0.15) is 0 Å². The Morgan fingerprint density at radius 1 is 1.30 bits per heavy atom. The molecule has 1 aromatic rings. The first-order valence-corrected chi connectivity index (χ1v) is 8.22. The Kier molecular flexibility index (Phi) is 6.01. The van der Waals surface area contributed by atoms with Gasteiger partial charge in [-0.05, 0) is 49.3 Å². The van der Waals surface area contributed by atoms with Crippen molar-refractivity contribution in [3.05, 3.63) is 27.7 Å². The van der Waals surface area contributed by atoms with Gasteiger partial charge in [0.05, 0.1) is 11.6 Å². The molecular weight excluding hydrogens is 293 g/mol. The van der Waals surface area contributed by atoms with Gasteiger partial charge in [0, 0.05) is 11.1 Å². The van der Waals surface area contributed by atoms with Gasteiger partial charge in [-0.15, -0.1) is 0 Å². The molecule has 0 saturated heterocycles. The molecule has 1 aromatic carbocycles. The van der Waals surface area contributed by atoms with Crippen molar-refractivity contribution in [1.82, 2.24) is 0 Å². The van der Waals surface area contributed by atoms with Crippen LogP contribution in [0, 0.1) is 5.92 Å². The maximum atomic E-state index is 6.30. The molecule has 2 nitrogen and oxygen atoms in total. The monoisotopic (exact) mass is 315 g/mol. The number of rotatable bonds is 6. The minimum atomic E-state index is 0.110. The first kappa shape index (κ1) is 15.9. The predicted octanol–water partition coefficient (Wildman–Crippen LogP) is 4.84. The van der Waals surface area contributed by atoms with Crippen molar-refractivity contribution in [2.45, 2.75) is 51.5 Å². The van der Waals surface area contributed by atoms with Crippen LogP contribution in [0.5, 0.6) is 5.75 Å². The molecule has 1 atom stereocenters. The van der Waals surface area contributed by atoms with E-state index in [0.717, 1.165) is 30.8 Å². The maximum Gasteiger partial charge on any atom is 0.141 e. The third-order valence-corrected chi connectivity index (χ3v) is 4.53. The molecule has 0 heterocycles. The number of halogens is 2. The van der Waals surface area contributed by atoms with Crippen molar-refractivity contribution in [3.63, 3.8) is 0 Å². The second-order valence-electron chi connectivity index (χ2n) is 5.71. The van der Waals surface area contributed by atoms with E-state index in [1.54, 1.807) is 6.07 Å². The molecule has 0 bridgehead atoms. The molecular formula is C16H23Cl2NO. The Labute approximate surface area is 131 Å². The van der Waals surface area contributed by atoms with Gasteiger partial charge in [-0.25, -0.2) is 0 Å². The van der Waals surface area contributed by atoms with E-state index in [1.807, 2.05) is 6.07 Å². The minimum absolute atomic E-state index is 0.110. The van der Waals surface area contributed by atoms with Crippen molar-refractivity contribution in [1.29, 1.82) is 0 Å². The van der Waals surface area contributed by atoms with Crippen LogP contribution in [0.3, 0.4) is 0 Å². The molecule has 4 heteroatoms. The summed E-state index contributed by atoms with van der Waals surface area (Å²) in [6.45, 7) is 2.82. The Bertz CT molecular complexity index is 444. The summed E-state index contributed by atoms with van der Waals surface area (Å²) < 4.78 is 6.01. The van der Waals surface area contributed by atoms with Crippen LogP contribution in [0.25, 0.3) is 0 Å². The van der Waals surface area contributed by atoms with E-state index in [9.17, 15) is 0 Å². The molecule has 1 aliphatic carbocycles. The normalized spacial score (nSPS) is 17.4. The number of hydrogen-bond acceptors (Lipinski definition) is 2. The van der Waals surface area contributed by atoms with Crippen molar-refractivity contribution in [2.75, 3.05) is 6.61 Å². The second kappa shape index (κ2) is 7.53. The molecule has 1 saturated carbocycles. The molecule has 112 valence electrons. The minimum Gasteiger partial charge on any atom is -0.491 e. The fourth-order valence-corrected chi connectivity index (χ4v) is 3.32. The maximum absolute atomic E-state index is 6.30.